The van der Waals surface area contributed by atoms with Gasteiger partial charge in [0.25, 0.3) is 0 Å². The molecule has 1 aromatic carbocycles. The van der Waals surface area contributed by atoms with Crippen LogP contribution in [0.2, 0.25) is 5.02 Å². The van der Waals surface area contributed by atoms with Gasteiger partial charge in [0, 0.05) is 17.8 Å². The normalized spacial score (nSPS) is 18.9. The SMILES string of the molecule is C[C@@H]1CC[C@H](c2cc(F)cc(Cl)c2)N(C(=O)C(=O)Nc2cncc(C(N)=O)c2)C1. The van der Waals surface area contributed by atoms with Crippen molar-refractivity contribution in [3.05, 3.63) is 58.6 Å². The molecule has 0 unspecified atom stereocenters. The summed E-state index contributed by atoms with van der Waals surface area (Å²) in [5, 5.41) is 2.67. The lowest BCUT2D eigenvalue weighted by atomic mass is 9.89. The van der Waals surface area contributed by atoms with Crippen LogP contribution in [0.4, 0.5) is 10.1 Å². The number of anilines is 1. The first-order valence-electron chi connectivity index (χ1n) is 9.07. The molecule has 9 heteroatoms. The van der Waals surface area contributed by atoms with Gasteiger partial charge in [-0.05, 0) is 48.6 Å². The Morgan fingerprint density at radius 1 is 1.21 bits per heavy atom. The number of rotatable bonds is 3. The van der Waals surface area contributed by atoms with Crippen LogP contribution in [-0.4, -0.2) is 34.2 Å². The number of hydrogen-bond donors (Lipinski definition) is 2. The van der Waals surface area contributed by atoms with Crippen molar-refractivity contribution in [1.29, 1.82) is 0 Å². The van der Waals surface area contributed by atoms with Crippen molar-refractivity contribution in [2.75, 3.05) is 11.9 Å². The second-order valence-electron chi connectivity index (χ2n) is 7.14. The van der Waals surface area contributed by atoms with Gasteiger partial charge in [0.1, 0.15) is 5.82 Å². The van der Waals surface area contributed by atoms with Crippen LogP contribution in [0, 0.1) is 11.7 Å². The van der Waals surface area contributed by atoms with Gasteiger partial charge in [-0.15, -0.1) is 0 Å². The van der Waals surface area contributed by atoms with Gasteiger partial charge in [-0.2, -0.15) is 0 Å². The molecule has 1 fully saturated rings. The molecule has 2 atom stereocenters. The Hall–Kier alpha value is -3.00. The van der Waals surface area contributed by atoms with E-state index in [1.54, 1.807) is 6.07 Å². The fourth-order valence-corrected chi connectivity index (χ4v) is 3.68. The Labute approximate surface area is 172 Å². The summed E-state index contributed by atoms with van der Waals surface area (Å²) in [5.41, 5.74) is 6.03. The van der Waals surface area contributed by atoms with E-state index in [-0.39, 0.29) is 22.2 Å². The molecule has 7 nitrogen and oxygen atoms in total. The number of nitrogens with zero attached hydrogens (tertiary/aromatic N) is 2. The second-order valence-corrected chi connectivity index (χ2v) is 7.58. The van der Waals surface area contributed by atoms with Crippen LogP contribution in [0.3, 0.4) is 0 Å². The third kappa shape index (κ3) is 4.89. The Bertz CT molecular complexity index is 948. The lowest BCUT2D eigenvalue weighted by molar-refractivity contribution is -0.146. The Kier molecular flexibility index (Phi) is 6.12. The third-order valence-electron chi connectivity index (χ3n) is 4.82. The molecule has 1 aliphatic heterocycles. The first-order valence-corrected chi connectivity index (χ1v) is 9.45. The highest BCUT2D eigenvalue weighted by Crippen LogP contribution is 2.35. The van der Waals surface area contributed by atoms with Gasteiger partial charge in [-0.3, -0.25) is 19.4 Å². The average molecular weight is 419 g/mol. The van der Waals surface area contributed by atoms with Crippen molar-refractivity contribution >= 4 is 35.0 Å². The van der Waals surface area contributed by atoms with Crippen molar-refractivity contribution in [2.45, 2.75) is 25.8 Å². The molecule has 3 N–H and O–H groups in total. The molecule has 0 aliphatic carbocycles. The number of pyridine rings is 1. The van der Waals surface area contributed by atoms with E-state index in [1.165, 1.54) is 35.5 Å². The summed E-state index contributed by atoms with van der Waals surface area (Å²) in [6.45, 7) is 2.33. The van der Waals surface area contributed by atoms with Gasteiger partial charge in [0.2, 0.25) is 5.91 Å². The molecule has 1 aromatic heterocycles. The molecule has 2 aromatic rings. The second kappa shape index (κ2) is 8.57. The number of nitrogens with two attached hydrogens (primary N) is 1. The Morgan fingerprint density at radius 2 is 1.97 bits per heavy atom. The number of nitrogens with one attached hydrogen (secondary N) is 1. The highest BCUT2D eigenvalue weighted by molar-refractivity contribution is 6.39. The van der Waals surface area contributed by atoms with Gasteiger partial charge in [-0.25, -0.2) is 4.39 Å². The van der Waals surface area contributed by atoms with Gasteiger partial charge < -0.3 is 16.0 Å². The van der Waals surface area contributed by atoms with Gasteiger partial charge in [0.15, 0.2) is 0 Å². The van der Waals surface area contributed by atoms with Crippen LogP contribution < -0.4 is 11.1 Å². The van der Waals surface area contributed by atoms with Crippen LogP contribution in [0.15, 0.2) is 36.7 Å². The van der Waals surface area contributed by atoms with E-state index in [4.69, 9.17) is 17.3 Å². The zero-order valence-electron chi connectivity index (χ0n) is 15.7. The molecule has 1 saturated heterocycles. The van der Waals surface area contributed by atoms with Gasteiger partial charge in [-0.1, -0.05) is 18.5 Å². The molecular formula is C20H20ClFN4O3. The predicted molar refractivity (Wildman–Crippen MR) is 106 cm³/mol. The molecule has 2 heterocycles. The van der Waals surface area contributed by atoms with Crippen molar-refractivity contribution < 1.29 is 18.8 Å². The summed E-state index contributed by atoms with van der Waals surface area (Å²) < 4.78 is 13.8. The minimum absolute atomic E-state index is 0.106. The first-order chi connectivity index (χ1) is 13.7. The summed E-state index contributed by atoms with van der Waals surface area (Å²) in [6, 6.07) is 4.99. The number of aromatic nitrogens is 1. The molecule has 29 heavy (non-hydrogen) atoms. The zero-order valence-corrected chi connectivity index (χ0v) is 16.4. The monoisotopic (exact) mass is 418 g/mol. The van der Waals surface area contributed by atoms with Crippen molar-refractivity contribution in [2.24, 2.45) is 11.7 Å². The smallest absolute Gasteiger partial charge is 0.313 e. The lowest BCUT2D eigenvalue weighted by Gasteiger charge is -2.38. The molecule has 3 rings (SSSR count). The van der Waals surface area contributed by atoms with Crippen LogP contribution in [0.1, 0.15) is 41.7 Å². The minimum Gasteiger partial charge on any atom is -0.366 e. The highest BCUT2D eigenvalue weighted by Gasteiger charge is 2.34. The molecule has 0 bridgehead atoms. The number of likely N-dealkylation sites (tertiary alicyclic amines) is 1. The summed E-state index contributed by atoms with van der Waals surface area (Å²) in [7, 11) is 0. The maximum atomic E-state index is 13.8. The maximum Gasteiger partial charge on any atom is 0.313 e. The lowest BCUT2D eigenvalue weighted by Crippen LogP contribution is -2.46. The first kappa shape index (κ1) is 20.7. The molecule has 3 amide bonds. The van der Waals surface area contributed by atoms with Crippen LogP contribution in [-0.2, 0) is 9.59 Å². The fourth-order valence-electron chi connectivity index (χ4n) is 3.45. The van der Waals surface area contributed by atoms with E-state index in [0.717, 1.165) is 6.42 Å². The molecule has 0 radical (unpaired) electrons. The van der Waals surface area contributed by atoms with Crippen LogP contribution in [0.25, 0.3) is 0 Å². The van der Waals surface area contributed by atoms with E-state index >= 15 is 0 Å². The van der Waals surface area contributed by atoms with Crippen molar-refractivity contribution in [1.82, 2.24) is 9.88 Å². The van der Waals surface area contributed by atoms with E-state index in [0.29, 0.717) is 18.5 Å². The maximum absolute atomic E-state index is 13.8. The van der Waals surface area contributed by atoms with Crippen molar-refractivity contribution in [3.63, 3.8) is 0 Å². The molecule has 0 saturated carbocycles. The third-order valence-corrected chi connectivity index (χ3v) is 5.04. The number of amides is 3. The molecule has 1 aliphatic rings. The van der Waals surface area contributed by atoms with E-state index in [2.05, 4.69) is 10.3 Å². The van der Waals surface area contributed by atoms with Crippen molar-refractivity contribution in [3.8, 4) is 0 Å². The number of primary amides is 1. The number of piperidine rings is 1. The average Bonchev–Trinajstić information content (AvgIpc) is 2.66. The Balaban J connectivity index is 1.83. The summed E-state index contributed by atoms with van der Waals surface area (Å²) >= 11 is 5.97. The minimum atomic E-state index is -0.880. The zero-order chi connectivity index (χ0) is 21.1. The number of benzene rings is 1. The number of hydrogen-bond acceptors (Lipinski definition) is 4. The van der Waals surface area contributed by atoms with Crippen LogP contribution >= 0.6 is 11.6 Å². The van der Waals surface area contributed by atoms with Gasteiger partial charge >= 0.3 is 11.8 Å². The summed E-state index contributed by atoms with van der Waals surface area (Å²) in [4.78, 5) is 42.0. The standard InChI is InChI=1S/C20H20ClFN4O3/c1-11-2-3-17(12-4-14(21)7-15(22)5-12)26(10-11)20(29)19(28)25-16-6-13(18(23)27)8-24-9-16/h4-9,11,17H,2-3,10H2,1H3,(H2,23,27)(H,25,28)/t11-,17-/m1/s1. The fraction of sp³-hybridized carbons (Fsp3) is 0.300. The van der Waals surface area contributed by atoms with E-state index < -0.39 is 29.6 Å². The topological polar surface area (TPSA) is 105 Å². The van der Waals surface area contributed by atoms with Crippen LogP contribution in [0.5, 0.6) is 0 Å². The molecular weight excluding hydrogens is 399 g/mol. The summed E-state index contributed by atoms with van der Waals surface area (Å²) in [5.74, 6) is -2.65. The number of carbonyl (C=O) groups is 3. The van der Waals surface area contributed by atoms with E-state index in [9.17, 15) is 18.8 Å². The molecule has 152 valence electrons. The molecule has 0 spiro atoms. The largest absolute Gasteiger partial charge is 0.366 e. The quantitative estimate of drug-likeness (QED) is 0.747. The number of halogens is 2. The summed E-state index contributed by atoms with van der Waals surface area (Å²) in [6.07, 6.45) is 3.98. The Morgan fingerprint density at radius 3 is 2.66 bits per heavy atom. The highest BCUT2D eigenvalue weighted by atomic mass is 35.5. The van der Waals surface area contributed by atoms with Gasteiger partial charge in [0.05, 0.1) is 23.5 Å². The number of carbonyl (C=O) groups excluding carboxylic acids is 3. The van der Waals surface area contributed by atoms with E-state index in [1.807, 2.05) is 6.92 Å². The predicted octanol–water partition coefficient (Wildman–Crippen LogP) is 2.91.